The van der Waals surface area contributed by atoms with E-state index in [-0.39, 0.29) is 53.1 Å². The number of halogens is 5. The van der Waals surface area contributed by atoms with Crippen LogP contribution in [0.2, 0.25) is 5.02 Å². The molecule has 14 rings (SSSR count). The molecule has 4 saturated heterocycles. The van der Waals surface area contributed by atoms with Crippen LogP contribution in [-0.4, -0.2) is 141 Å². The number of fused-ring (bicyclic) bond motifs is 6. The fraction of sp³-hybridized carbons (Fsp3) is 0.375. The number of nitrogens with one attached hydrogen (secondary N) is 1. The number of hydrogen-bond acceptors (Lipinski definition) is 16. The van der Waals surface area contributed by atoms with Gasteiger partial charge in [0.1, 0.15) is 23.3 Å². The lowest BCUT2D eigenvalue weighted by Crippen LogP contribution is -2.38. The molecule has 4 fully saturated rings. The van der Waals surface area contributed by atoms with Gasteiger partial charge in [0.15, 0.2) is 19.7 Å². The third-order valence-corrected chi connectivity index (χ3v) is 20.3. The Balaban J connectivity index is 0.000000141. The first kappa shape index (κ1) is 60.2. The van der Waals surface area contributed by atoms with Gasteiger partial charge in [-0.2, -0.15) is 0 Å². The molecule has 0 aliphatic carbocycles. The van der Waals surface area contributed by atoms with Crippen LogP contribution in [0.15, 0.2) is 107 Å². The molecule has 1 N–H and O–H groups in total. The van der Waals surface area contributed by atoms with Crippen LogP contribution in [-0.2, 0) is 49.5 Å². The summed E-state index contributed by atoms with van der Waals surface area (Å²) in [6.07, 6.45) is 9.84. The Morgan fingerprint density at radius 3 is 1.56 bits per heavy atom. The highest BCUT2D eigenvalue weighted by molar-refractivity contribution is 7.91. The summed E-state index contributed by atoms with van der Waals surface area (Å²) in [5.41, 5.74) is 9.35. The smallest absolute Gasteiger partial charge is 0.176 e. The first-order valence-corrected chi connectivity index (χ1v) is 33.1. The van der Waals surface area contributed by atoms with E-state index < -0.39 is 42.9 Å². The first-order valence-electron chi connectivity index (χ1n) is 28.9. The third kappa shape index (κ3) is 11.7. The molecule has 8 aromatic rings. The molecule has 0 unspecified atom stereocenters. The van der Waals surface area contributed by atoms with Crippen molar-refractivity contribution in [2.45, 2.75) is 60.2 Å². The van der Waals surface area contributed by atoms with Gasteiger partial charge in [0.2, 0.25) is 0 Å². The van der Waals surface area contributed by atoms with E-state index in [4.69, 9.17) is 45.5 Å². The van der Waals surface area contributed by atoms with Gasteiger partial charge >= 0.3 is 0 Å². The van der Waals surface area contributed by atoms with E-state index >= 15 is 4.39 Å². The SMILES string of the molecule is Cc1c(-c2ccccc2S(C)(=O)=O)nc2cc(F)cc(F)c2c1Cl.Cc1c(-c2ccccc2S(C)(=O)=O)nc2cc(F)cc(F)c2c1N1CC2(CCOCC2)c2ncc(N3CCOCC3)cc21.c1nc2c(cc1N1CCOCC1)NCC21CCOCC1. The largest absolute Gasteiger partial charge is 0.383 e. The molecule has 87 heavy (non-hydrogen) atoms. The number of nitrogens with zero attached hydrogens (tertiary/aromatic N) is 7. The van der Waals surface area contributed by atoms with E-state index in [9.17, 15) is 30.0 Å². The Bertz CT molecular complexity index is 4220. The summed E-state index contributed by atoms with van der Waals surface area (Å²) >= 11 is 6.25. The zero-order valence-corrected chi connectivity index (χ0v) is 51.0. The van der Waals surface area contributed by atoms with Gasteiger partial charge in [-0.3, -0.25) is 9.97 Å². The number of sulfone groups is 2. The van der Waals surface area contributed by atoms with Crippen LogP contribution in [0.4, 0.5) is 46.0 Å². The maximum Gasteiger partial charge on any atom is 0.176 e. The highest BCUT2D eigenvalue weighted by atomic mass is 35.5. The Kier molecular flexibility index (Phi) is 16.7. The van der Waals surface area contributed by atoms with Crippen molar-refractivity contribution in [1.82, 2.24) is 19.9 Å². The maximum absolute atomic E-state index is 15.9. The quantitative estimate of drug-likeness (QED) is 0.149. The van der Waals surface area contributed by atoms with E-state index in [1.54, 1.807) is 43.3 Å². The predicted molar refractivity (Wildman–Crippen MR) is 328 cm³/mol. The second-order valence-electron chi connectivity index (χ2n) is 23.0. The Labute approximate surface area is 507 Å². The Hall–Kier alpha value is -7.05. The maximum atomic E-state index is 15.9. The summed E-state index contributed by atoms with van der Waals surface area (Å²) in [7, 11) is -7.14. The summed E-state index contributed by atoms with van der Waals surface area (Å²) < 4.78 is 130. The second-order valence-corrected chi connectivity index (χ2v) is 27.4. The summed E-state index contributed by atoms with van der Waals surface area (Å²) in [4.78, 5) is 25.7. The van der Waals surface area contributed by atoms with Crippen LogP contribution in [0, 0.1) is 37.1 Å². The Morgan fingerprint density at radius 2 is 1.02 bits per heavy atom. The molecule has 10 heterocycles. The molecule has 4 aromatic heterocycles. The van der Waals surface area contributed by atoms with Gasteiger partial charge in [-0.15, -0.1) is 0 Å². The van der Waals surface area contributed by atoms with Crippen LogP contribution >= 0.6 is 11.6 Å². The van der Waals surface area contributed by atoms with Crippen molar-refractivity contribution in [3.8, 4) is 22.5 Å². The van der Waals surface area contributed by atoms with Crippen molar-refractivity contribution in [1.29, 1.82) is 0 Å². The molecule has 2 spiro atoms. The van der Waals surface area contributed by atoms with E-state index in [2.05, 4.69) is 37.1 Å². The first-order chi connectivity index (χ1) is 41.7. The number of benzene rings is 4. The van der Waals surface area contributed by atoms with E-state index in [1.165, 1.54) is 35.3 Å². The number of rotatable bonds is 7. The fourth-order valence-electron chi connectivity index (χ4n) is 13.0. The van der Waals surface area contributed by atoms with Crippen LogP contribution in [0.5, 0.6) is 0 Å². The van der Waals surface area contributed by atoms with Gasteiger partial charge < -0.3 is 39.0 Å². The van der Waals surface area contributed by atoms with Crippen molar-refractivity contribution in [2.75, 3.05) is 125 Å². The molecule has 0 saturated carbocycles. The van der Waals surface area contributed by atoms with E-state index in [1.807, 2.05) is 19.3 Å². The number of anilines is 5. The van der Waals surface area contributed by atoms with Crippen LogP contribution < -0.4 is 20.0 Å². The van der Waals surface area contributed by atoms with Crippen LogP contribution in [0.3, 0.4) is 0 Å². The molecule has 23 heteroatoms. The molecule has 0 atom stereocenters. The summed E-state index contributed by atoms with van der Waals surface area (Å²) in [5, 5.41) is 3.84. The minimum atomic E-state index is -3.63. The molecule has 456 valence electrons. The zero-order chi connectivity index (χ0) is 61.0. The molecule has 6 aliphatic heterocycles. The molecular weight excluding hydrogens is 1180 g/mol. The summed E-state index contributed by atoms with van der Waals surface area (Å²) in [5.74, 6) is -3.08. The van der Waals surface area contributed by atoms with Crippen molar-refractivity contribution in [2.24, 2.45) is 0 Å². The molecule has 4 aromatic carbocycles. The fourth-order valence-corrected chi connectivity index (χ4v) is 15.0. The molecule has 0 radical (unpaired) electrons. The average molecular weight is 1250 g/mol. The molecule has 6 aliphatic rings. The molecule has 0 amide bonds. The van der Waals surface area contributed by atoms with Crippen molar-refractivity contribution in [3.05, 3.63) is 148 Å². The number of pyridine rings is 4. The lowest BCUT2D eigenvalue weighted by Gasteiger charge is -2.34. The van der Waals surface area contributed by atoms with Gasteiger partial charge in [-0.1, -0.05) is 48.0 Å². The molecular formula is C64H65ClF4N8O8S2. The van der Waals surface area contributed by atoms with Crippen LogP contribution in [0.25, 0.3) is 44.3 Å². The lowest BCUT2D eigenvalue weighted by molar-refractivity contribution is 0.0545. The topological polar surface area (TPSA) is 179 Å². The zero-order valence-electron chi connectivity index (χ0n) is 48.6. The summed E-state index contributed by atoms with van der Waals surface area (Å²) in [6, 6.07) is 21.2. The molecule has 16 nitrogen and oxygen atoms in total. The molecule has 0 bridgehead atoms. The summed E-state index contributed by atoms with van der Waals surface area (Å²) in [6.45, 7) is 14.1. The normalized spacial score (nSPS) is 18.0. The highest BCUT2D eigenvalue weighted by Gasteiger charge is 2.47. The number of morpholine rings is 2. The minimum absolute atomic E-state index is 0.0103. The van der Waals surface area contributed by atoms with Crippen molar-refractivity contribution >= 4 is 81.5 Å². The second kappa shape index (κ2) is 24.1. The lowest BCUT2D eigenvalue weighted by atomic mass is 9.78. The average Bonchev–Trinajstić information content (AvgIpc) is 1.81. The minimum Gasteiger partial charge on any atom is -0.383 e. The Morgan fingerprint density at radius 1 is 0.563 bits per heavy atom. The number of aromatic nitrogens is 4. The third-order valence-electron chi connectivity index (χ3n) is 17.5. The monoisotopic (exact) mass is 1250 g/mol. The van der Waals surface area contributed by atoms with Crippen LogP contribution in [0.1, 0.15) is 48.2 Å². The number of ether oxygens (including phenoxy) is 4. The van der Waals surface area contributed by atoms with Gasteiger partial charge in [0.25, 0.3) is 0 Å². The number of hydrogen-bond donors (Lipinski definition) is 1. The van der Waals surface area contributed by atoms with Gasteiger partial charge in [0, 0.05) is 124 Å². The standard InChI is InChI=1S/C32H32F2N4O4S.C17H12ClF2NO2S.C15H21N3O2/c1-20-29(23-5-3-4-6-27(23)43(2,39)40)36-25-16-21(33)15-24(34)28(25)30(20)38-19-32(7-11-41-12-8-32)31-26(38)17-22(18-35-31)37-9-13-42-14-10-37;1-9-16(18)15-12(20)7-10(19)8-13(15)21-17(9)11-5-3-4-6-14(11)24(2,22)23;1-5-19-6-2-15(1)11-17-13-9-12(10-16-14(13)15)18-3-7-20-8-4-18/h3-6,15-18H,7-14,19H2,1-2H3;3-8H,1-2H3;9-10,17H,1-8,11H2. The van der Waals surface area contributed by atoms with Gasteiger partial charge in [-0.25, -0.2) is 44.4 Å². The van der Waals surface area contributed by atoms with Gasteiger partial charge in [0.05, 0.1) is 127 Å². The van der Waals surface area contributed by atoms with Crippen molar-refractivity contribution < 1.29 is 53.3 Å². The van der Waals surface area contributed by atoms with Gasteiger partial charge in [-0.05, 0) is 74.9 Å². The van der Waals surface area contributed by atoms with E-state index in [0.29, 0.717) is 66.6 Å². The van der Waals surface area contributed by atoms with E-state index in [0.717, 1.165) is 133 Å². The predicted octanol–water partition coefficient (Wildman–Crippen LogP) is 11.3. The highest BCUT2D eigenvalue weighted by Crippen LogP contribution is 2.53. The van der Waals surface area contributed by atoms with Crippen molar-refractivity contribution in [3.63, 3.8) is 0 Å².